The number of aldehydes is 2. The highest BCUT2D eigenvalue weighted by Crippen LogP contribution is 2.36. The van der Waals surface area contributed by atoms with Crippen molar-refractivity contribution in [3.05, 3.63) is 240 Å². The number of nitrogen functional groups attached to an aromatic ring is 1. The van der Waals surface area contributed by atoms with Crippen LogP contribution in [0.2, 0.25) is 0 Å². The van der Waals surface area contributed by atoms with Crippen molar-refractivity contribution in [2.24, 2.45) is 0 Å². The molecule has 3 N–H and O–H groups in total. The third kappa shape index (κ3) is 21.7. The van der Waals surface area contributed by atoms with Gasteiger partial charge in [0, 0.05) is 24.6 Å². The van der Waals surface area contributed by atoms with Gasteiger partial charge in [-0.3, -0.25) is 22.7 Å². The summed E-state index contributed by atoms with van der Waals surface area (Å²) in [5.41, 5.74) is 9.10. The fraction of sp³-hybridized carbons (Fsp3) is 0.162. The Morgan fingerprint density at radius 2 is 0.923 bits per heavy atom. The number of anilines is 2. The van der Waals surface area contributed by atoms with Gasteiger partial charge in [0.25, 0.3) is 20.2 Å². The first-order valence-corrected chi connectivity index (χ1v) is 30.4. The lowest BCUT2D eigenvalue weighted by atomic mass is 10.1. The van der Waals surface area contributed by atoms with Crippen molar-refractivity contribution in [3.8, 4) is 57.5 Å². The zero-order valence-corrected chi connectivity index (χ0v) is 52.0. The number of hydrogen-bond acceptors (Lipinski definition) is 18. The standard InChI is InChI=1S/C31H30FNO7S.C17H18O6S.C12H10FNO.C8H8O3/c1-22-9-13-28(14-10-22)41(35,36)39-18-17-38-30-16-12-27(37-3)19-24(30)21-33(23(2)34)29-20-25(32)11-15-31(29)40-26-7-5-4-6-8-26;1-13-3-6-16(7-4-13)24(19,20)23-10-9-22-17-8-5-15(21-2)11-14(17)12-18;13-9-6-7-12(11(14)8-9)15-10-4-2-1-3-5-10;1-11-7-2-3-8(10)6(4-7)5-9/h4-16,19-20H,17-18,21H2,1-3H3;3-8,11-12H,9-10H2,1-2H3;1-8H,14H2;2-5,10H,1H3. The van der Waals surface area contributed by atoms with E-state index in [1.807, 2.05) is 50.2 Å². The van der Waals surface area contributed by atoms with Crippen molar-refractivity contribution in [2.75, 3.05) is 58.4 Å². The number of para-hydroxylation sites is 2. The number of nitrogens with zero attached hydrogens (tertiary/aromatic N) is 1. The second kappa shape index (κ2) is 34.4. The number of halogens is 2. The molecule has 0 atom stereocenters. The minimum Gasteiger partial charge on any atom is -0.507 e. The minimum atomic E-state index is -3.96. The average Bonchev–Trinajstić information content (AvgIpc) is 1.53. The van der Waals surface area contributed by atoms with Gasteiger partial charge in [-0.2, -0.15) is 16.8 Å². The molecule has 0 heterocycles. The summed E-state index contributed by atoms with van der Waals surface area (Å²) in [7, 11) is -3.28. The quantitative estimate of drug-likeness (QED) is 0.0247. The number of hydrogen-bond donors (Lipinski definition) is 2. The summed E-state index contributed by atoms with van der Waals surface area (Å²) in [6.07, 6.45) is 1.22. The van der Waals surface area contributed by atoms with Crippen LogP contribution in [0, 0.1) is 25.5 Å². The molecule has 0 unspecified atom stereocenters. The van der Waals surface area contributed by atoms with E-state index in [1.165, 1.54) is 112 Å². The van der Waals surface area contributed by atoms with Crippen molar-refractivity contribution in [3.63, 3.8) is 0 Å². The Hall–Kier alpha value is -10.3. The number of phenolic OH excluding ortho intramolecular Hbond substituents is 1. The van der Waals surface area contributed by atoms with Gasteiger partial charge in [-0.15, -0.1) is 0 Å². The normalized spacial score (nSPS) is 10.7. The molecule has 0 spiro atoms. The van der Waals surface area contributed by atoms with Crippen molar-refractivity contribution >= 4 is 50.1 Å². The number of benzene rings is 9. The minimum absolute atomic E-state index is 0.0149. The Kier molecular flexibility index (Phi) is 26.4. The molecule has 23 heteroatoms. The highest BCUT2D eigenvalue weighted by Gasteiger charge is 2.22. The molecular weight excluding hydrogens is 1220 g/mol. The zero-order valence-electron chi connectivity index (χ0n) is 50.3. The second-order valence-electron chi connectivity index (χ2n) is 19.1. The summed E-state index contributed by atoms with van der Waals surface area (Å²) in [5, 5.41) is 9.04. The van der Waals surface area contributed by atoms with Gasteiger partial charge in [-0.1, -0.05) is 71.8 Å². The first-order valence-electron chi connectivity index (χ1n) is 27.5. The van der Waals surface area contributed by atoms with Crippen molar-refractivity contribution in [1.82, 2.24) is 0 Å². The number of methoxy groups -OCH3 is 3. The molecule has 9 rings (SSSR count). The van der Waals surface area contributed by atoms with E-state index in [1.54, 1.807) is 84.9 Å². The molecule has 9 aromatic carbocycles. The maximum atomic E-state index is 14.4. The summed E-state index contributed by atoms with van der Waals surface area (Å²) in [4.78, 5) is 35.7. The average molecular weight is 1290 g/mol. The predicted octanol–water partition coefficient (Wildman–Crippen LogP) is 13.3. The van der Waals surface area contributed by atoms with Crippen LogP contribution in [0.1, 0.15) is 44.3 Å². The van der Waals surface area contributed by atoms with Crippen LogP contribution in [-0.2, 0) is 39.9 Å². The van der Waals surface area contributed by atoms with E-state index in [4.69, 9.17) is 52.4 Å². The number of rotatable bonds is 24. The Labute approximate surface area is 526 Å². The van der Waals surface area contributed by atoms with Gasteiger partial charge in [0.2, 0.25) is 5.91 Å². The van der Waals surface area contributed by atoms with Crippen LogP contribution in [0.25, 0.3) is 0 Å². The van der Waals surface area contributed by atoms with Crippen LogP contribution >= 0.6 is 0 Å². The van der Waals surface area contributed by atoms with E-state index in [9.17, 15) is 40.0 Å². The first kappa shape index (κ1) is 69.8. The molecule has 0 saturated carbocycles. The van der Waals surface area contributed by atoms with E-state index in [2.05, 4.69) is 0 Å². The third-order valence-electron chi connectivity index (χ3n) is 12.6. The molecule has 9 aromatic rings. The Balaban J connectivity index is 0.000000220. The largest absolute Gasteiger partial charge is 0.507 e. The molecule has 0 aliphatic carbocycles. The van der Waals surface area contributed by atoms with E-state index >= 15 is 0 Å². The molecule has 0 fully saturated rings. The molecule has 0 radical (unpaired) electrons. The molecule has 476 valence electrons. The summed E-state index contributed by atoms with van der Waals surface area (Å²) >= 11 is 0. The summed E-state index contributed by atoms with van der Waals surface area (Å²) < 4.78 is 124. The number of aryl methyl sites for hydroxylation is 2. The van der Waals surface area contributed by atoms with Gasteiger partial charge in [-0.05, 0) is 141 Å². The first-order chi connectivity index (χ1) is 43.6. The molecule has 0 bridgehead atoms. The van der Waals surface area contributed by atoms with Crippen molar-refractivity contribution in [2.45, 2.75) is 37.1 Å². The van der Waals surface area contributed by atoms with Crippen LogP contribution in [0.5, 0.6) is 57.5 Å². The molecule has 0 aliphatic rings. The summed E-state index contributed by atoms with van der Waals surface area (Å²) in [6.45, 7) is 4.56. The van der Waals surface area contributed by atoms with Crippen molar-refractivity contribution < 1.29 is 86.6 Å². The number of aromatic hydroxyl groups is 1. The fourth-order valence-corrected chi connectivity index (χ4v) is 9.67. The molecule has 0 saturated heterocycles. The van der Waals surface area contributed by atoms with Gasteiger partial charge in [-0.25, -0.2) is 8.78 Å². The number of ether oxygens (including phenoxy) is 7. The van der Waals surface area contributed by atoms with Crippen LogP contribution in [0.15, 0.2) is 210 Å². The van der Waals surface area contributed by atoms with Crippen LogP contribution < -0.4 is 43.8 Å². The zero-order chi connectivity index (χ0) is 65.9. The number of amides is 1. The van der Waals surface area contributed by atoms with Gasteiger partial charge in [0.05, 0.1) is 60.2 Å². The summed E-state index contributed by atoms with van der Waals surface area (Å²) in [5.74, 6) is 2.95. The molecule has 1 amide bonds. The lowest BCUT2D eigenvalue weighted by Gasteiger charge is -2.25. The van der Waals surface area contributed by atoms with E-state index in [0.29, 0.717) is 75.4 Å². The third-order valence-corrected chi connectivity index (χ3v) is 15.2. The van der Waals surface area contributed by atoms with Gasteiger partial charge >= 0.3 is 0 Å². The van der Waals surface area contributed by atoms with E-state index < -0.39 is 26.1 Å². The SMILES string of the molecule is COc1ccc(O)c(C=O)c1.COc1ccc(OCCOS(=O)(=O)c2ccc(C)cc2)c(C=O)c1.COc1ccc(OCCOS(=O)(=O)c2ccc(C)cc2)c(CN(C(C)=O)c2cc(F)ccc2Oc2ccccc2)c1.Nc1cc(F)ccc1Oc1ccccc1. The van der Waals surface area contributed by atoms with Crippen LogP contribution in [0.3, 0.4) is 0 Å². The van der Waals surface area contributed by atoms with Crippen LogP contribution in [-0.4, -0.2) is 88.2 Å². The molecule has 19 nitrogen and oxygen atoms in total. The maximum absolute atomic E-state index is 14.4. The Morgan fingerprint density at radius 1 is 0.495 bits per heavy atom. The highest BCUT2D eigenvalue weighted by atomic mass is 32.2. The smallest absolute Gasteiger partial charge is 0.297 e. The molecular formula is C68H66F2N2O17S2. The van der Waals surface area contributed by atoms with E-state index in [-0.39, 0.29) is 77.2 Å². The lowest BCUT2D eigenvalue weighted by molar-refractivity contribution is -0.116. The number of phenols is 1. The summed E-state index contributed by atoms with van der Waals surface area (Å²) in [6, 6.07) is 53.1. The Bertz CT molecular complexity index is 4070. The van der Waals surface area contributed by atoms with Gasteiger partial charge in [0.1, 0.15) is 84.1 Å². The maximum Gasteiger partial charge on any atom is 0.297 e. The predicted molar refractivity (Wildman–Crippen MR) is 338 cm³/mol. The van der Waals surface area contributed by atoms with Crippen LogP contribution in [0.4, 0.5) is 20.2 Å². The lowest BCUT2D eigenvalue weighted by Crippen LogP contribution is -2.28. The topological polar surface area (TPSA) is 252 Å². The molecule has 0 aromatic heterocycles. The van der Waals surface area contributed by atoms with Gasteiger partial charge < -0.3 is 48.9 Å². The van der Waals surface area contributed by atoms with Gasteiger partial charge in [0.15, 0.2) is 24.1 Å². The fourth-order valence-electron chi connectivity index (χ4n) is 7.88. The highest BCUT2D eigenvalue weighted by molar-refractivity contribution is 7.87. The number of carbonyl (C=O) groups is 3. The second-order valence-corrected chi connectivity index (χ2v) is 22.4. The monoisotopic (exact) mass is 1280 g/mol. The number of nitrogens with two attached hydrogens (primary N) is 1. The molecule has 91 heavy (non-hydrogen) atoms. The Morgan fingerprint density at radius 3 is 1.41 bits per heavy atom. The molecule has 0 aliphatic heterocycles. The number of carbonyl (C=O) groups excluding carboxylic acids is 3. The van der Waals surface area contributed by atoms with E-state index in [0.717, 1.165) is 11.1 Å². The van der Waals surface area contributed by atoms with Crippen molar-refractivity contribution in [1.29, 1.82) is 0 Å².